The number of nitrogens with zero attached hydrogens (tertiary/aromatic N) is 2. The number of hydrogen-bond acceptors (Lipinski definition) is 3. The van der Waals surface area contributed by atoms with E-state index in [2.05, 4.69) is 29.4 Å². The fourth-order valence-electron chi connectivity index (χ4n) is 3.43. The zero-order valence-corrected chi connectivity index (χ0v) is 14.8. The van der Waals surface area contributed by atoms with Crippen LogP contribution in [0.25, 0.3) is 0 Å². The van der Waals surface area contributed by atoms with Gasteiger partial charge in [0.05, 0.1) is 5.69 Å². The Hall–Kier alpha value is -1.81. The second-order valence-corrected chi connectivity index (χ2v) is 6.78. The average molecular weight is 347 g/mol. The highest BCUT2D eigenvalue weighted by atomic mass is 35.5. The lowest BCUT2D eigenvalue weighted by molar-refractivity contribution is -0.131. The molecule has 1 aromatic heterocycles. The highest BCUT2D eigenvalue weighted by Crippen LogP contribution is 2.28. The molecule has 1 fully saturated rings. The number of amides is 1. The quantitative estimate of drug-likeness (QED) is 0.826. The Labute approximate surface area is 147 Å². The molecule has 24 heavy (non-hydrogen) atoms. The first-order valence-corrected chi connectivity index (χ1v) is 8.96. The highest BCUT2D eigenvalue weighted by molar-refractivity contribution is 6.29. The Morgan fingerprint density at radius 1 is 1.29 bits per heavy atom. The van der Waals surface area contributed by atoms with Crippen molar-refractivity contribution in [2.45, 2.75) is 44.9 Å². The van der Waals surface area contributed by atoms with E-state index in [1.807, 2.05) is 17.9 Å². The average Bonchev–Trinajstić information content (AvgIpc) is 2.81. The van der Waals surface area contributed by atoms with Gasteiger partial charge in [0, 0.05) is 25.1 Å². The largest absolute Gasteiger partial charge is 0.344 e. The minimum absolute atomic E-state index is 0.195. The van der Waals surface area contributed by atoms with E-state index in [0.29, 0.717) is 24.0 Å². The number of aromatic nitrogens is 1. The zero-order valence-electron chi connectivity index (χ0n) is 14.0. The molecule has 0 radical (unpaired) electrons. The van der Waals surface area contributed by atoms with Crippen LogP contribution < -0.4 is 0 Å². The smallest absolute Gasteiger partial charge is 0.229 e. The van der Waals surface area contributed by atoms with Crippen molar-refractivity contribution in [1.29, 1.82) is 0 Å². The molecule has 0 N–H and O–H groups in total. The van der Waals surface area contributed by atoms with Gasteiger partial charge >= 0.3 is 0 Å². The second kappa shape index (κ2) is 7.84. The molecular formula is C19H23ClN2O2. The Morgan fingerprint density at radius 2 is 2.08 bits per heavy atom. The summed E-state index contributed by atoms with van der Waals surface area (Å²) in [5.74, 6) is 0.749. The summed E-state index contributed by atoms with van der Waals surface area (Å²) >= 11 is 5.97. The summed E-state index contributed by atoms with van der Waals surface area (Å²) in [6.07, 6.45) is 4.27. The number of aryl methyl sites for hydroxylation is 1. The van der Waals surface area contributed by atoms with E-state index >= 15 is 0 Å². The van der Waals surface area contributed by atoms with Gasteiger partial charge in [-0.2, -0.15) is 0 Å². The summed E-state index contributed by atoms with van der Waals surface area (Å²) in [4.78, 5) is 14.5. The molecule has 1 saturated heterocycles. The first-order chi connectivity index (χ1) is 11.6. The van der Waals surface area contributed by atoms with E-state index in [4.69, 9.17) is 16.1 Å². The predicted molar refractivity (Wildman–Crippen MR) is 94.2 cm³/mol. The molecule has 1 atom stereocenters. The van der Waals surface area contributed by atoms with E-state index in [1.54, 1.807) is 0 Å². The maximum absolute atomic E-state index is 12.5. The minimum atomic E-state index is 0.195. The van der Waals surface area contributed by atoms with Crippen molar-refractivity contribution >= 4 is 17.5 Å². The van der Waals surface area contributed by atoms with Gasteiger partial charge in [-0.1, -0.05) is 35.5 Å². The van der Waals surface area contributed by atoms with Crippen LogP contribution in [0.5, 0.6) is 0 Å². The fourth-order valence-corrected chi connectivity index (χ4v) is 3.70. The third kappa shape index (κ3) is 3.99. The second-order valence-electron chi connectivity index (χ2n) is 6.44. The van der Waals surface area contributed by atoms with E-state index in [9.17, 15) is 4.79 Å². The van der Waals surface area contributed by atoms with Gasteiger partial charge in [-0.15, -0.1) is 0 Å². The van der Waals surface area contributed by atoms with Crippen LogP contribution in [-0.2, 0) is 11.2 Å². The molecule has 2 heterocycles. The molecule has 1 amide bonds. The summed E-state index contributed by atoms with van der Waals surface area (Å²) in [5, 5.41) is 4.14. The molecule has 0 saturated carbocycles. The number of likely N-dealkylation sites (tertiary alicyclic amines) is 1. The van der Waals surface area contributed by atoms with Crippen LogP contribution >= 0.6 is 11.6 Å². The number of carbonyl (C=O) groups is 1. The number of rotatable bonds is 4. The molecule has 128 valence electrons. The van der Waals surface area contributed by atoms with Crippen molar-refractivity contribution in [3.05, 3.63) is 52.4 Å². The zero-order chi connectivity index (χ0) is 16.9. The maximum Gasteiger partial charge on any atom is 0.229 e. The minimum Gasteiger partial charge on any atom is -0.344 e. The molecule has 2 aromatic rings. The monoisotopic (exact) mass is 346 g/mol. The van der Waals surface area contributed by atoms with Gasteiger partial charge in [0.2, 0.25) is 11.1 Å². The van der Waals surface area contributed by atoms with Crippen molar-refractivity contribution in [2.24, 2.45) is 0 Å². The molecule has 4 nitrogen and oxygen atoms in total. The molecule has 1 aromatic carbocycles. The number of benzene rings is 1. The summed E-state index contributed by atoms with van der Waals surface area (Å²) in [6.45, 7) is 3.53. The number of carbonyl (C=O) groups excluding carboxylic acids is 1. The van der Waals surface area contributed by atoms with Gasteiger partial charge in [-0.3, -0.25) is 4.79 Å². The van der Waals surface area contributed by atoms with Gasteiger partial charge < -0.3 is 9.42 Å². The van der Waals surface area contributed by atoms with Crippen molar-refractivity contribution in [2.75, 3.05) is 13.1 Å². The lowest BCUT2D eigenvalue weighted by Crippen LogP contribution is -2.32. The summed E-state index contributed by atoms with van der Waals surface area (Å²) < 4.78 is 4.95. The molecule has 1 aliphatic heterocycles. The molecular weight excluding hydrogens is 324 g/mol. The number of hydrogen-bond donors (Lipinski definition) is 0. The van der Waals surface area contributed by atoms with E-state index in [1.165, 1.54) is 5.56 Å². The van der Waals surface area contributed by atoms with Crippen molar-refractivity contribution in [3.8, 4) is 0 Å². The van der Waals surface area contributed by atoms with Gasteiger partial charge in [0.15, 0.2) is 0 Å². The van der Waals surface area contributed by atoms with Crippen molar-refractivity contribution in [1.82, 2.24) is 10.1 Å². The third-order valence-corrected chi connectivity index (χ3v) is 5.17. The van der Waals surface area contributed by atoms with E-state index in [0.717, 1.165) is 43.6 Å². The van der Waals surface area contributed by atoms with E-state index in [-0.39, 0.29) is 5.91 Å². The van der Waals surface area contributed by atoms with Crippen LogP contribution in [-0.4, -0.2) is 29.1 Å². The predicted octanol–water partition coefficient (Wildman–Crippen LogP) is 4.37. The van der Waals surface area contributed by atoms with E-state index < -0.39 is 0 Å². The summed E-state index contributed by atoms with van der Waals surface area (Å²) in [7, 11) is 0. The lowest BCUT2D eigenvalue weighted by atomic mass is 9.92. The molecule has 3 rings (SSSR count). The summed E-state index contributed by atoms with van der Waals surface area (Å²) in [5.41, 5.74) is 3.01. The van der Waals surface area contributed by atoms with Gasteiger partial charge in [0.1, 0.15) is 0 Å². The Kier molecular flexibility index (Phi) is 5.56. The Morgan fingerprint density at radius 3 is 2.79 bits per heavy atom. The van der Waals surface area contributed by atoms with Gasteiger partial charge in [-0.25, -0.2) is 0 Å². The SMILES string of the molecule is Cc1noc(Cl)c1CCC(=O)N1CCC[C@@H](c2ccccc2)CC1. The van der Waals surface area contributed by atoms with Crippen LogP contribution in [0.15, 0.2) is 34.9 Å². The molecule has 1 aliphatic rings. The number of halogens is 1. The van der Waals surface area contributed by atoms with Gasteiger partial charge in [-0.05, 0) is 55.7 Å². The molecule has 0 bridgehead atoms. The first kappa shape index (κ1) is 17.0. The van der Waals surface area contributed by atoms with Crippen molar-refractivity contribution in [3.63, 3.8) is 0 Å². The topological polar surface area (TPSA) is 46.3 Å². The van der Waals surface area contributed by atoms with Crippen molar-refractivity contribution < 1.29 is 9.32 Å². The maximum atomic E-state index is 12.5. The summed E-state index contributed by atoms with van der Waals surface area (Å²) in [6, 6.07) is 10.6. The molecule has 0 spiro atoms. The first-order valence-electron chi connectivity index (χ1n) is 8.58. The van der Waals surface area contributed by atoms with Gasteiger partial charge in [0.25, 0.3) is 0 Å². The highest BCUT2D eigenvalue weighted by Gasteiger charge is 2.22. The van der Waals surface area contributed by atoms with Crippen LogP contribution in [0.1, 0.15) is 48.4 Å². The molecule has 0 unspecified atom stereocenters. The molecule has 5 heteroatoms. The third-order valence-electron chi connectivity index (χ3n) is 4.88. The van der Waals surface area contributed by atoms with Crippen LogP contribution in [0, 0.1) is 6.92 Å². The Balaban J connectivity index is 1.55. The standard InChI is InChI=1S/C19H23ClN2O2/c1-14-17(19(20)24-21-14)9-10-18(23)22-12-5-8-16(11-13-22)15-6-3-2-4-7-15/h2-4,6-7,16H,5,8-13H2,1H3/t16-/m1/s1. The molecule has 0 aliphatic carbocycles. The fraction of sp³-hybridized carbons (Fsp3) is 0.474. The van der Waals surface area contributed by atoms with Crippen LogP contribution in [0.3, 0.4) is 0 Å². The normalized spacial score (nSPS) is 18.4. The lowest BCUT2D eigenvalue weighted by Gasteiger charge is -2.20. The Bertz CT molecular complexity index is 664. The van der Waals surface area contributed by atoms with Crippen LogP contribution in [0.4, 0.5) is 0 Å². The van der Waals surface area contributed by atoms with Crippen LogP contribution in [0.2, 0.25) is 5.22 Å².